The van der Waals surface area contributed by atoms with Crippen molar-refractivity contribution in [2.24, 2.45) is 0 Å². The highest BCUT2D eigenvalue weighted by molar-refractivity contribution is 8.01. The number of amides is 1. The number of nitrogens with one attached hydrogen (secondary N) is 2. The van der Waals surface area contributed by atoms with E-state index in [-0.39, 0.29) is 5.91 Å². The molecular weight excluding hydrogens is 470 g/mol. The number of anilines is 1. The Bertz CT molecular complexity index is 1170. The van der Waals surface area contributed by atoms with E-state index in [1.54, 1.807) is 30.5 Å². The molecule has 1 saturated carbocycles. The van der Waals surface area contributed by atoms with Crippen LogP contribution in [0.25, 0.3) is 10.6 Å². The van der Waals surface area contributed by atoms with Crippen molar-refractivity contribution in [1.29, 1.82) is 0 Å². The molecule has 4 heterocycles. The Morgan fingerprint density at radius 3 is 2.97 bits per heavy atom. The lowest BCUT2D eigenvalue weighted by Gasteiger charge is -2.30. The molecule has 1 unspecified atom stereocenters. The fourth-order valence-electron chi connectivity index (χ4n) is 3.92. The minimum absolute atomic E-state index is 0.215. The van der Waals surface area contributed by atoms with Crippen molar-refractivity contribution in [2.45, 2.75) is 37.0 Å². The number of carbonyl (C=O) groups excluding carboxylic acids is 1. The molecule has 0 bridgehead atoms. The zero-order valence-electron chi connectivity index (χ0n) is 19.2. The molecule has 0 spiro atoms. The molecular formula is C23H27N7O2S2. The van der Waals surface area contributed by atoms with Gasteiger partial charge >= 0.3 is 0 Å². The molecule has 2 N–H and O–H groups in total. The predicted octanol–water partition coefficient (Wildman–Crippen LogP) is 3.58. The van der Waals surface area contributed by atoms with E-state index in [0.717, 1.165) is 29.2 Å². The van der Waals surface area contributed by atoms with Crippen LogP contribution < -0.4 is 14.8 Å². The Morgan fingerprint density at radius 1 is 1.32 bits per heavy atom. The largest absolute Gasteiger partial charge is 0.477 e. The monoisotopic (exact) mass is 497 g/mol. The van der Waals surface area contributed by atoms with Gasteiger partial charge in [0.15, 0.2) is 5.01 Å². The Morgan fingerprint density at radius 2 is 2.21 bits per heavy atom. The number of likely N-dealkylation sites (N-methyl/N-ethyl adjacent to an activating group) is 1. The molecule has 34 heavy (non-hydrogen) atoms. The molecule has 0 radical (unpaired) electrons. The number of ether oxygens (including phenoxy) is 1. The third-order valence-electron chi connectivity index (χ3n) is 5.79. The average Bonchev–Trinajstić information content (AvgIpc) is 3.40. The van der Waals surface area contributed by atoms with E-state index >= 15 is 0 Å². The second-order valence-corrected chi connectivity index (χ2v) is 10.7. The third kappa shape index (κ3) is 5.16. The van der Waals surface area contributed by atoms with Gasteiger partial charge in [-0.15, -0.1) is 11.3 Å². The van der Waals surface area contributed by atoms with Crippen LogP contribution in [0.15, 0.2) is 36.9 Å². The summed E-state index contributed by atoms with van der Waals surface area (Å²) in [6, 6.07) is 4.02. The normalized spacial score (nSPS) is 20.3. The van der Waals surface area contributed by atoms with Gasteiger partial charge in [0.05, 0.1) is 35.1 Å². The molecule has 178 valence electrons. The summed E-state index contributed by atoms with van der Waals surface area (Å²) in [7, 11) is 2.06. The maximum absolute atomic E-state index is 13.3. The van der Waals surface area contributed by atoms with Crippen molar-refractivity contribution in [3.05, 3.63) is 47.6 Å². The summed E-state index contributed by atoms with van der Waals surface area (Å²) >= 11 is 3.05. The maximum Gasteiger partial charge on any atom is 0.281 e. The molecule has 0 aromatic carbocycles. The molecule has 1 atom stereocenters. The summed E-state index contributed by atoms with van der Waals surface area (Å²) in [5, 5.41) is 4.34. The summed E-state index contributed by atoms with van der Waals surface area (Å²) in [5.41, 5.74) is 1.92. The van der Waals surface area contributed by atoms with Crippen molar-refractivity contribution >= 4 is 34.9 Å². The first-order valence-corrected chi connectivity index (χ1v) is 13.0. The van der Waals surface area contributed by atoms with E-state index in [9.17, 15) is 4.79 Å². The standard InChI is InChI=1S/C23H27N7O2S2/c1-3-32-20-13-24-11-17(27-20)18-12-26-22(33-18)21(31)28-23(7-9-30(2)14-23)19-10-15(6-8-25-19)29-34-16-4-5-16/h6,8,10-13,16H,3-5,7,9,14H2,1-2H3,(H,25,29)(H,28,31). The van der Waals surface area contributed by atoms with Gasteiger partial charge in [-0.25, -0.2) is 9.97 Å². The van der Waals surface area contributed by atoms with Crippen LogP contribution in [0, 0.1) is 0 Å². The first kappa shape index (κ1) is 23.0. The van der Waals surface area contributed by atoms with E-state index in [0.29, 0.717) is 35.0 Å². The van der Waals surface area contributed by atoms with Crippen LogP contribution in [0.4, 0.5) is 5.69 Å². The number of carbonyl (C=O) groups is 1. The highest BCUT2D eigenvalue weighted by Gasteiger charge is 2.41. The highest BCUT2D eigenvalue weighted by atomic mass is 32.2. The molecule has 3 aromatic heterocycles. The Hall–Kier alpha value is -2.76. The number of nitrogens with zero attached hydrogens (tertiary/aromatic N) is 5. The minimum atomic E-state index is -0.575. The van der Waals surface area contributed by atoms with Gasteiger partial charge in [-0.2, -0.15) is 0 Å². The average molecular weight is 498 g/mol. The van der Waals surface area contributed by atoms with Gasteiger partial charge in [0.25, 0.3) is 5.91 Å². The molecule has 9 nitrogen and oxygen atoms in total. The Labute approximate surface area is 206 Å². The van der Waals surface area contributed by atoms with E-state index in [1.807, 2.05) is 19.2 Å². The molecule has 11 heteroatoms. The number of pyridine rings is 1. The van der Waals surface area contributed by atoms with Crippen molar-refractivity contribution in [3.8, 4) is 16.5 Å². The summed E-state index contributed by atoms with van der Waals surface area (Å²) < 4.78 is 8.88. The van der Waals surface area contributed by atoms with Gasteiger partial charge in [0.1, 0.15) is 5.69 Å². The number of thiazole rings is 1. The molecule has 1 aliphatic carbocycles. The van der Waals surface area contributed by atoms with Crippen LogP contribution in [0.3, 0.4) is 0 Å². The quantitative estimate of drug-likeness (QED) is 0.429. The molecule has 5 rings (SSSR count). The zero-order valence-corrected chi connectivity index (χ0v) is 20.8. The van der Waals surface area contributed by atoms with Crippen molar-refractivity contribution in [3.63, 3.8) is 0 Å². The molecule has 3 aromatic rings. The molecule has 1 saturated heterocycles. The van der Waals surface area contributed by atoms with Crippen LogP contribution in [0.5, 0.6) is 5.88 Å². The topological polar surface area (TPSA) is 105 Å². The Balaban J connectivity index is 1.35. The molecule has 2 fully saturated rings. The van der Waals surface area contributed by atoms with Crippen molar-refractivity contribution in [1.82, 2.24) is 30.2 Å². The van der Waals surface area contributed by atoms with Gasteiger partial charge in [-0.3, -0.25) is 14.8 Å². The molecule has 2 aliphatic rings. The lowest BCUT2D eigenvalue weighted by molar-refractivity contribution is 0.0897. The number of aromatic nitrogens is 4. The van der Waals surface area contributed by atoms with Crippen molar-refractivity contribution in [2.75, 3.05) is 31.5 Å². The van der Waals surface area contributed by atoms with Crippen LogP contribution >= 0.6 is 23.3 Å². The highest BCUT2D eigenvalue weighted by Crippen LogP contribution is 2.36. The number of likely N-dealkylation sites (tertiary alicyclic amines) is 1. The van der Waals surface area contributed by atoms with Gasteiger partial charge < -0.3 is 19.7 Å². The summed E-state index contributed by atoms with van der Waals surface area (Å²) in [6.45, 7) is 3.96. The number of rotatable bonds is 9. The third-order valence-corrected chi connectivity index (χ3v) is 7.96. The van der Waals surface area contributed by atoms with E-state index < -0.39 is 5.54 Å². The molecule has 1 amide bonds. The maximum atomic E-state index is 13.3. The van der Waals surface area contributed by atoms with Crippen LogP contribution in [0.1, 0.15) is 41.7 Å². The predicted molar refractivity (Wildman–Crippen MR) is 134 cm³/mol. The second-order valence-electron chi connectivity index (χ2n) is 8.58. The zero-order chi connectivity index (χ0) is 23.5. The van der Waals surface area contributed by atoms with Crippen LogP contribution in [0.2, 0.25) is 0 Å². The lowest BCUT2D eigenvalue weighted by Crippen LogP contribution is -2.48. The summed E-state index contributed by atoms with van der Waals surface area (Å²) in [5.74, 6) is 0.236. The van der Waals surface area contributed by atoms with E-state index in [4.69, 9.17) is 4.74 Å². The van der Waals surface area contributed by atoms with Gasteiger partial charge in [-0.1, -0.05) is 0 Å². The Kier molecular flexibility index (Phi) is 6.66. The van der Waals surface area contributed by atoms with E-state index in [2.05, 4.69) is 48.0 Å². The van der Waals surface area contributed by atoms with E-state index in [1.165, 1.54) is 24.2 Å². The second kappa shape index (κ2) is 9.85. The minimum Gasteiger partial charge on any atom is -0.477 e. The van der Waals surface area contributed by atoms with Crippen LogP contribution in [-0.2, 0) is 5.54 Å². The first-order valence-electron chi connectivity index (χ1n) is 11.3. The first-order chi connectivity index (χ1) is 16.5. The van der Waals surface area contributed by atoms with Crippen molar-refractivity contribution < 1.29 is 9.53 Å². The van der Waals surface area contributed by atoms with Gasteiger partial charge in [-0.05, 0) is 57.3 Å². The fraction of sp³-hybridized carbons (Fsp3) is 0.435. The molecule has 1 aliphatic heterocycles. The summed E-state index contributed by atoms with van der Waals surface area (Å²) in [4.78, 5) is 34.0. The number of hydrogen-bond acceptors (Lipinski definition) is 10. The fourth-order valence-corrected chi connectivity index (χ4v) is 5.49. The van der Waals surface area contributed by atoms with Gasteiger partial charge in [0.2, 0.25) is 5.88 Å². The lowest BCUT2D eigenvalue weighted by atomic mass is 9.93. The van der Waals surface area contributed by atoms with Gasteiger partial charge in [0, 0.05) is 36.4 Å². The van der Waals surface area contributed by atoms with Crippen LogP contribution in [-0.4, -0.2) is 62.7 Å². The summed E-state index contributed by atoms with van der Waals surface area (Å²) in [6.07, 6.45) is 9.98. The smallest absolute Gasteiger partial charge is 0.281 e. The number of hydrogen-bond donors (Lipinski definition) is 2. The SMILES string of the molecule is CCOc1cncc(-c2cnc(C(=O)NC3(c4cc(NSC5CC5)ccn4)CCN(C)C3)s2)n1.